The van der Waals surface area contributed by atoms with Crippen molar-refractivity contribution in [2.75, 3.05) is 13.1 Å². The Hall–Kier alpha value is -1.98. The minimum Gasteiger partial charge on any atom is -0.333 e. The number of halogens is 1. The highest BCUT2D eigenvalue weighted by atomic mass is 19.1. The zero-order valence-corrected chi connectivity index (χ0v) is 11.0. The van der Waals surface area contributed by atoms with Gasteiger partial charge in [0.2, 0.25) is 0 Å². The molecule has 1 aliphatic heterocycles. The van der Waals surface area contributed by atoms with Crippen LogP contribution >= 0.6 is 0 Å². The summed E-state index contributed by atoms with van der Waals surface area (Å²) >= 11 is 0. The molecular weight excluding hydrogens is 263 g/mol. The van der Waals surface area contributed by atoms with Crippen molar-refractivity contribution >= 4 is 11.6 Å². The number of hydrogen-bond acceptors (Lipinski definition) is 3. The van der Waals surface area contributed by atoms with E-state index in [0.717, 1.165) is 18.4 Å². The first kappa shape index (κ1) is 13.0. The van der Waals surface area contributed by atoms with Crippen LogP contribution in [0.2, 0.25) is 0 Å². The lowest BCUT2D eigenvalue weighted by molar-refractivity contribution is -0.385. The van der Waals surface area contributed by atoms with Gasteiger partial charge in [-0.25, -0.2) is 4.39 Å². The van der Waals surface area contributed by atoms with Gasteiger partial charge in [0.25, 0.3) is 11.6 Å². The minimum absolute atomic E-state index is 0.100. The van der Waals surface area contributed by atoms with Gasteiger partial charge >= 0.3 is 0 Å². The first-order valence-electron chi connectivity index (χ1n) is 6.80. The molecule has 5 nitrogen and oxygen atoms in total. The van der Waals surface area contributed by atoms with E-state index in [0.29, 0.717) is 24.0 Å². The van der Waals surface area contributed by atoms with E-state index in [1.54, 1.807) is 0 Å². The van der Waals surface area contributed by atoms with Crippen molar-refractivity contribution in [3.63, 3.8) is 0 Å². The largest absolute Gasteiger partial charge is 0.333 e. The zero-order valence-electron chi connectivity index (χ0n) is 11.0. The number of nitro groups is 1. The maximum absolute atomic E-state index is 12.9. The van der Waals surface area contributed by atoms with Crippen molar-refractivity contribution in [2.45, 2.75) is 31.9 Å². The molecule has 3 rings (SSSR count). The lowest BCUT2D eigenvalue weighted by atomic mass is 9.86. The van der Waals surface area contributed by atoms with E-state index in [1.165, 1.54) is 17.0 Å². The molecule has 1 aromatic carbocycles. The van der Waals surface area contributed by atoms with Crippen molar-refractivity contribution in [3.8, 4) is 0 Å². The molecule has 6 heteroatoms. The molecule has 1 aromatic rings. The molecule has 0 unspecified atom stereocenters. The number of nitrogens with zero attached hydrogens (tertiary/aromatic N) is 2. The van der Waals surface area contributed by atoms with Gasteiger partial charge in [-0.3, -0.25) is 14.9 Å². The van der Waals surface area contributed by atoms with E-state index in [4.69, 9.17) is 0 Å². The zero-order chi connectivity index (χ0) is 14.3. The molecule has 0 atom stereocenters. The van der Waals surface area contributed by atoms with Gasteiger partial charge in [0, 0.05) is 17.2 Å². The molecule has 1 fully saturated rings. The summed E-state index contributed by atoms with van der Waals surface area (Å²) in [4.78, 5) is 24.4. The van der Waals surface area contributed by atoms with Crippen molar-refractivity contribution in [2.24, 2.45) is 0 Å². The molecule has 2 aliphatic rings. The van der Waals surface area contributed by atoms with Gasteiger partial charge in [-0.15, -0.1) is 0 Å². The second kappa shape index (κ2) is 4.85. The van der Waals surface area contributed by atoms with Gasteiger partial charge in [-0.05, 0) is 37.3 Å². The summed E-state index contributed by atoms with van der Waals surface area (Å²) < 4.78 is 12.9. The van der Waals surface area contributed by atoms with Crippen LogP contribution in [-0.4, -0.2) is 35.0 Å². The molecule has 0 saturated carbocycles. The Bertz CT molecular complexity index is 582. The van der Waals surface area contributed by atoms with E-state index < -0.39 is 6.17 Å². The number of nitro benzene ring substituents is 1. The number of carbonyl (C=O) groups is 1. The second-order valence-electron chi connectivity index (χ2n) is 5.36. The Kier molecular flexibility index (Phi) is 3.16. The van der Waals surface area contributed by atoms with Crippen LogP contribution in [0, 0.1) is 10.1 Å². The van der Waals surface area contributed by atoms with Gasteiger partial charge < -0.3 is 4.90 Å². The number of hydrogen-bond donors (Lipinski definition) is 0. The monoisotopic (exact) mass is 278 g/mol. The van der Waals surface area contributed by atoms with Crippen LogP contribution in [0.5, 0.6) is 0 Å². The molecule has 1 aliphatic carbocycles. The fraction of sp³-hybridized carbons (Fsp3) is 0.500. The Balaban J connectivity index is 1.99. The number of carbonyl (C=O) groups excluding carboxylic acids is 1. The van der Waals surface area contributed by atoms with E-state index >= 15 is 0 Å². The molecule has 20 heavy (non-hydrogen) atoms. The van der Waals surface area contributed by atoms with E-state index in [9.17, 15) is 19.3 Å². The predicted octanol–water partition coefficient (Wildman–Crippen LogP) is 2.27. The van der Waals surface area contributed by atoms with Gasteiger partial charge in [0.05, 0.1) is 18.0 Å². The molecule has 0 aromatic heterocycles. The average molecular weight is 278 g/mol. The Morgan fingerprint density at radius 3 is 2.50 bits per heavy atom. The van der Waals surface area contributed by atoms with E-state index in [-0.39, 0.29) is 29.6 Å². The van der Waals surface area contributed by atoms with Crippen LogP contribution in [0.25, 0.3) is 0 Å². The molecule has 1 amide bonds. The topological polar surface area (TPSA) is 63.4 Å². The first-order chi connectivity index (χ1) is 9.58. The normalized spacial score (nSPS) is 18.4. The molecule has 1 heterocycles. The Morgan fingerprint density at radius 1 is 1.25 bits per heavy atom. The second-order valence-corrected chi connectivity index (χ2v) is 5.36. The molecule has 1 saturated heterocycles. The third-order valence-electron chi connectivity index (χ3n) is 4.06. The van der Waals surface area contributed by atoms with E-state index in [1.807, 2.05) is 0 Å². The van der Waals surface area contributed by atoms with Crippen LogP contribution in [0.1, 0.15) is 34.3 Å². The van der Waals surface area contributed by atoms with Crippen LogP contribution in [0.15, 0.2) is 12.1 Å². The highest BCUT2D eigenvalue weighted by molar-refractivity contribution is 5.97. The van der Waals surface area contributed by atoms with Gasteiger partial charge in [0.1, 0.15) is 6.17 Å². The summed E-state index contributed by atoms with van der Waals surface area (Å²) in [5.74, 6) is -0.202. The van der Waals surface area contributed by atoms with Crippen LogP contribution < -0.4 is 0 Å². The molecule has 0 radical (unpaired) electrons. The highest BCUT2D eigenvalue weighted by Gasteiger charge is 2.34. The maximum atomic E-state index is 12.9. The van der Waals surface area contributed by atoms with E-state index in [2.05, 4.69) is 0 Å². The lowest BCUT2D eigenvalue weighted by Gasteiger charge is -2.35. The molecule has 106 valence electrons. The SMILES string of the molecule is O=C(c1ccc([N+](=O)[O-])c2c1CCCC2)N1CC(F)C1. The number of fused-ring (bicyclic) bond motifs is 1. The van der Waals surface area contributed by atoms with Crippen LogP contribution in [0.4, 0.5) is 10.1 Å². The smallest absolute Gasteiger partial charge is 0.272 e. The molecule has 0 bridgehead atoms. The minimum atomic E-state index is -0.937. The quantitative estimate of drug-likeness (QED) is 0.615. The Labute approximate surface area is 115 Å². The van der Waals surface area contributed by atoms with Crippen molar-refractivity contribution in [1.29, 1.82) is 0 Å². The summed E-state index contributed by atoms with van der Waals surface area (Å²) in [6.45, 7) is 0.259. The van der Waals surface area contributed by atoms with Crippen LogP contribution in [-0.2, 0) is 12.8 Å². The van der Waals surface area contributed by atoms with Gasteiger partial charge in [0.15, 0.2) is 0 Å². The van der Waals surface area contributed by atoms with Gasteiger partial charge in [-0.2, -0.15) is 0 Å². The lowest BCUT2D eigenvalue weighted by Crippen LogP contribution is -2.51. The predicted molar refractivity (Wildman–Crippen MR) is 70.5 cm³/mol. The standard InChI is InChI=1S/C14H15FN2O3/c15-9-7-16(8-9)14(18)12-5-6-13(17(19)20)11-4-2-1-3-10(11)12/h5-6,9H,1-4,7-8H2. The summed E-state index contributed by atoms with van der Waals surface area (Å²) in [5.41, 5.74) is 2.09. The van der Waals surface area contributed by atoms with Crippen molar-refractivity contribution in [3.05, 3.63) is 38.9 Å². The fourth-order valence-electron chi connectivity index (χ4n) is 2.98. The van der Waals surface area contributed by atoms with Gasteiger partial charge in [-0.1, -0.05) is 0 Å². The van der Waals surface area contributed by atoms with Crippen molar-refractivity contribution in [1.82, 2.24) is 4.90 Å². The summed E-state index contributed by atoms with van der Waals surface area (Å²) in [6.07, 6.45) is 2.22. The summed E-state index contributed by atoms with van der Waals surface area (Å²) in [5, 5.41) is 11.1. The number of alkyl halides is 1. The average Bonchev–Trinajstić information content (AvgIpc) is 2.41. The summed E-state index contributed by atoms with van der Waals surface area (Å²) in [7, 11) is 0. The first-order valence-corrected chi connectivity index (χ1v) is 6.80. The number of amides is 1. The molecule has 0 spiro atoms. The number of benzene rings is 1. The number of rotatable bonds is 2. The fourth-order valence-corrected chi connectivity index (χ4v) is 2.98. The third kappa shape index (κ3) is 2.05. The number of likely N-dealkylation sites (tertiary alicyclic amines) is 1. The Morgan fingerprint density at radius 2 is 1.90 bits per heavy atom. The van der Waals surface area contributed by atoms with Crippen molar-refractivity contribution < 1.29 is 14.1 Å². The highest BCUT2D eigenvalue weighted by Crippen LogP contribution is 2.33. The van der Waals surface area contributed by atoms with Crippen LogP contribution in [0.3, 0.4) is 0 Å². The third-order valence-corrected chi connectivity index (χ3v) is 4.06. The molecular formula is C14H15FN2O3. The maximum Gasteiger partial charge on any atom is 0.272 e. The molecule has 0 N–H and O–H groups in total. The summed E-state index contributed by atoms with van der Waals surface area (Å²) in [6, 6.07) is 2.93.